The number of rotatable bonds is 5. The first-order valence-corrected chi connectivity index (χ1v) is 7.32. The van der Waals surface area contributed by atoms with Crippen molar-refractivity contribution in [2.75, 3.05) is 20.1 Å². The van der Waals surface area contributed by atoms with E-state index in [9.17, 15) is 8.42 Å². The molecule has 0 saturated carbocycles. The van der Waals surface area contributed by atoms with Crippen molar-refractivity contribution in [2.24, 2.45) is 0 Å². The highest BCUT2D eigenvalue weighted by Gasteiger charge is 2.21. The summed E-state index contributed by atoms with van der Waals surface area (Å²) in [6.45, 7) is 1.85. The van der Waals surface area contributed by atoms with Crippen LogP contribution < -0.4 is 10.0 Å². The number of likely N-dealkylation sites (N-methyl/N-ethyl adjacent to an activating group) is 1. The molecule has 8 heteroatoms. The molecule has 104 valence electrons. The third-order valence-electron chi connectivity index (χ3n) is 2.83. The van der Waals surface area contributed by atoms with Crippen molar-refractivity contribution in [3.63, 3.8) is 0 Å². The standard InChI is InChI=1S/C10H18N4O2S.ClH/c1-11-5-6-12-17(15,16)10-8-14-7-3-2-4-9(14)13-10;/h8,11-12H,2-7H2,1H3;1H. The summed E-state index contributed by atoms with van der Waals surface area (Å²) in [5.74, 6) is 0.880. The van der Waals surface area contributed by atoms with E-state index in [0.717, 1.165) is 31.6 Å². The average molecular weight is 295 g/mol. The fourth-order valence-electron chi connectivity index (χ4n) is 1.90. The number of aromatic nitrogens is 2. The Morgan fingerprint density at radius 1 is 1.39 bits per heavy atom. The maximum absolute atomic E-state index is 11.9. The number of hydrogen-bond acceptors (Lipinski definition) is 4. The fraction of sp³-hybridized carbons (Fsp3) is 0.700. The minimum atomic E-state index is -3.45. The van der Waals surface area contributed by atoms with Crippen LogP contribution in [0.15, 0.2) is 11.2 Å². The number of nitrogens with zero attached hydrogens (tertiary/aromatic N) is 2. The molecule has 2 rings (SSSR count). The predicted octanol–water partition coefficient (Wildman–Crippen LogP) is 0.139. The van der Waals surface area contributed by atoms with Crippen molar-refractivity contribution in [1.29, 1.82) is 0 Å². The molecular formula is C10H19ClN4O2S. The minimum absolute atomic E-state index is 0. The topological polar surface area (TPSA) is 76.0 Å². The summed E-state index contributed by atoms with van der Waals surface area (Å²) in [5.41, 5.74) is 0. The molecule has 0 unspecified atom stereocenters. The molecule has 0 saturated heterocycles. The number of hydrogen-bond donors (Lipinski definition) is 2. The average Bonchev–Trinajstić information content (AvgIpc) is 2.73. The molecule has 0 aromatic carbocycles. The monoisotopic (exact) mass is 294 g/mol. The Morgan fingerprint density at radius 3 is 2.83 bits per heavy atom. The molecule has 1 aliphatic heterocycles. The van der Waals surface area contributed by atoms with Crippen LogP contribution >= 0.6 is 12.4 Å². The Kier molecular flexibility index (Phi) is 5.58. The maximum Gasteiger partial charge on any atom is 0.259 e. The van der Waals surface area contributed by atoms with Gasteiger partial charge in [-0.3, -0.25) is 0 Å². The van der Waals surface area contributed by atoms with Gasteiger partial charge in [-0.05, 0) is 19.9 Å². The number of sulfonamides is 1. The summed E-state index contributed by atoms with van der Waals surface area (Å²) in [4.78, 5) is 4.19. The lowest BCUT2D eigenvalue weighted by Gasteiger charge is -2.11. The van der Waals surface area contributed by atoms with Crippen LogP contribution in [0.5, 0.6) is 0 Å². The number of halogens is 1. The number of fused-ring (bicyclic) bond motifs is 1. The van der Waals surface area contributed by atoms with Gasteiger partial charge in [0.25, 0.3) is 10.0 Å². The smallest absolute Gasteiger partial charge is 0.259 e. The van der Waals surface area contributed by atoms with Gasteiger partial charge < -0.3 is 9.88 Å². The lowest BCUT2D eigenvalue weighted by Crippen LogP contribution is -2.30. The summed E-state index contributed by atoms with van der Waals surface area (Å²) < 4.78 is 28.3. The molecule has 0 atom stereocenters. The molecular weight excluding hydrogens is 276 g/mol. The van der Waals surface area contributed by atoms with Crippen molar-refractivity contribution in [1.82, 2.24) is 19.6 Å². The molecule has 1 aromatic heterocycles. The summed E-state index contributed by atoms with van der Waals surface area (Å²) in [7, 11) is -1.67. The van der Waals surface area contributed by atoms with Crippen LogP contribution in [0.3, 0.4) is 0 Å². The fourth-order valence-corrected chi connectivity index (χ4v) is 2.91. The largest absolute Gasteiger partial charge is 0.333 e. The molecule has 0 spiro atoms. The van der Waals surface area contributed by atoms with Gasteiger partial charge >= 0.3 is 0 Å². The highest BCUT2D eigenvalue weighted by Crippen LogP contribution is 2.16. The van der Waals surface area contributed by atoms with Gasteiger partial charge in [-0.1, -0.05) is 0 Å². The quantitative estimate of drug-likeness (QED) is 0.758. The number of imidazole rings is 1. The summed E-state index contributed by atoms with van der Waals surface area (Å²) in [5, 5.41) is 3.03. The lowest BCUT2D eigenvalue weighted by atomic mass is 10.2. The van der Waals surface area contributed by atoms with E-state index >= 15 is 0 Å². The molecule has 1 aromatic rings. The van der Waals surface area contributed by atoms with Gasteiger partial charge in [0.1, 0.15) is 5.82 Å². The Morgan fingerprint density at radius 2 is 2.17 bits per heavy atom. The first kappa shape index (κ1) is 15.4. The molecule has 0 radical (unpaired) electrons. The molecule has 0 amide bonds. The van der Waals surface area contributed by atoms with E-state index in [1.165, 1.54) is 0 Å². The summed E-state index contributed by atoms with van der Waals surface area (Å²) in [6, 6.07) is 0. The van der Waals surface area contributed by atoms with Gasteiger partial charge in [-0.2, -0.15) is 0 Å². The van der Waals surface area contributed by atoms with E-state index < -0.39 is 10.0 Å². The predicted molar refractivity (Wildman–Crippen MR) is 71.5 cm³/mol. The maximum atomic E-state index is 11.9. The highest BCUT2D eigenvalue weighted by molar-refractivity contribution is 7.89. The summed E-state index contributed by atoms with van der Waals surface area (Å²) in [6.07, 6.45) is 4.68. The zero-order chi connectivity index (χ0) is 12.3. The van der Waals surface area contributed by atoms with Crippen LogP contribution in [-0.4, -0.2) is 38.1 Å². The zero-order valence-electron chi connectivity index (χ0n) is 10.3. The normalized spacial score (nSPS) is 14.9. The number of nitrogens with one attached hydrogen (secondary N) is 2. The summed E-state index contributed by atoms with van der Waals surface area (Å²) >= 11 is 0. The van der Waals surface area contributed by atoms with Crippen LogP contribution in [0.1, 0.15) is 18.7 Å². The molecule has 0 fully saturated rings. The molecule has 18 heavy (non-hydrogen) atoms. The minimum Gasteiger partial charge on any atom is -0.333 e. The van der Waals surface area contributed by atoms with Crippen molar-refractivity contribution >= 4 is 22.4 Å². The van der Waals surface area contributed by atoms with E-state index in [1.54, 1.807) is 13.2 Å². The van der Waals surface area contributed by atoms with E-state index in [-0.39, 0.29) is 17.4 Å². The molecule has 0 aliphatic carbocycles. The van der Waals surface area contributed by atoms with Gasteiger partial charge in [0.05, 0.1) is 0 Å². The molecule has 1 aliphatic rings. The first-order valence-electron chi connectivity index (χ1n) is 5.84. The Hall–Kier alpha value is -0.630. The lowest BCUT2D eigenvalue weighted by molar-refractivity contribution is 0.522. The van der Waals surface area contributed by atoms with E-state index in [2.05, 4.69) is 15.0 Å². The van der Waals surface area contributed by atoms with Gasteiger partial charge in [0, 0.05) is 32.3 Å². The van der Waals surface area contributed by atoms with Crippen molar-refractivity contribution in [3.05, 3.63) is 12.0 Å². The molecule has 0 bridgehead atoms. The Bertz CT molecular complexity index is 463. The van der Waals surface area contributed by atoms with Gasteiger partial charge in [0.2, 0.25) is 0 Å². The Labute approximate surface area is 114 Å². The van der Waals surface area contributed by atoms with Crippen molar-refractivity contribution in [2.45, 2.75) is 30.8 Å². The van der Waals surface area contributed by atoms with Crippen molar-refractivity contribution in [3.8, 4) is 0 Å². The van der Waals surface area contributed by atoms with E-state index in [1.807, 2.05) is 4.57 Å². The number of aryl methyl sites for hydroxylation is 2. The molecule has 2 heterocycles. The first-order chi connectivity index (χ1) is 8.13. The third kappa shape index (κ3) is 3.44. The van der Waals surface area contributed by atoms with Crippen molar-refractivity contribution < 1.29 is 8.42 Å². The van der Waals surface area contributed by atoms with E-state index in [4.69, 9.17) is 0 Å². The van der Waals surface area contributed by atoms with Gasteiger partial charge in [0.15, 0.2) is 5.03 Å². The Balaban J connectivity index is 0.00000162. The van der Waals surface area contributed by atoms with Crippen LogP contribution in [-0.2, 0) is 23.0 Å². The SMILES string of the molecule is CNCCNS(=O)(=O)c1cn2c(n1)CCCC2.Cl. The molecule has 6 nitrogen and oxygen atoms in total. The van der Waals surface area contributed by atoms with Crippen LogP contribution in [0, 0.1) is 0 Å². The van der Waals surface area contributed by atoms with Crippen LogP contribution in [0.4, 0.5) is 0 Å². The molecule has 2 N–H and O–H groups in total. The second-order valence-electron chi connectivity index (χ2n) is 4.15. The highest BCUT2D eigenvalue weighted by atomic mass is 35.5. The zero-order valence-corrected chi connectivity index (χ0v) is 12.0. The van der Waals surface area contributed by atoms with E-state index in [0.29, 0.717) is 13.1 Å². The second-order valence-corrected chi connectivity index (χ2v) is 5.86. The third-order valence-corrected chi connectivity index (χ3v) is 4.16. The van der Waals surface area contributed by atoms with Crippen LogP contribution in [0.2, 0.25) is 0 Å². The van der Waals surface area contributed by atoms with Gasteiger partial charge in [-0.25, -0.2) is 18.1 Å². The van der Waals surface area contributed by atoms with Crippen LogP contribution in [0.25, 0.3) is 0 Å². The van der Waals surface area contributed by atoms with Gasteiger partial charge in [-0.15, -0.1) is 12.4 Å². The second kappa shape index (κ2) is 6.51.